The van der Waals surface area contributed by atoms with Crippen LogP contribution < -0.4 is 0 Å². The summed E-state index contributed by atoms with van der Waals surface area (Å²) in [5.74, 6) is 0.403. The molecular formula is C10H20O. The summed E-state index contributed by atoms with van der Waals surface area (Å²) in [5, 5.41) is 9.40. The van der Waals surface area contributed by atoms with Gasteiger partial charge in [-0.3, -0.25) is 0 Å². The molecule has 1 N–H and O–H groups in total. The Balaban J connectivity index is 3.24. The van der Waals surface area contributed by atoms with E-state index in [1.807, 2.05) is 6.92 Å². The lowest BCUT2D eigenvalue weighted by atomic mass is 10.0. The second-order valence-electron chi connectivity index (χ2n) is 3.31. The summed E-state index contributed by atoms with van der Waals surface area (Å²) in [7, 11) is 0. The largest absolute Gasteiger partial charge is 0.393 e. The molecule has 0 saturated carbocycles. The summed E-state index contributed by atoms with van der Waals surface area (Å²) < 4.78 is 0. The number of allylic oxidation sites excluding steroid dienone is 2. The second-order valence-corrected chi connectivity index (χ2v) is 3.31. The zero-order valence-electron chi connectivity index (χ0n) is 7.88. The fourth-order valence-corrected chi connectivity index (χ4v) is 0.945. The van der Waals surface area contributed by atoms with E-state index in [2.05, 4.69) is 26.0 Å². The number of aliphatic hydroxyl groups excluding tert-OH is 1. The van der Waals surface area contributed by atoms with Gasteiger partial charge < -0.3 is 5.11 Å². The lowest BCUT2D eigenvalue weighted by Gasteiger charge is -2.12. The van der Waals surface area contributed by atoms with Crippen LogP contribution in [0.1, 0.15) is 40.0 Å². The summed E-state index contributed by atoms with van der Waals surface area (Å²) in [5.41, 5.74) is 0. The van der Waals surface area contributed by atoms with Gasteiger partial charge in [0.05, 0.1) is 6.10 Å². The van der Waals surface area contributed by atoms with Crippen molar-refractivity contribution in [3.63, 3.8) is 0 Å². The Morgan fingerprint density at radius 2 is 2.00 bits per heavy atom. The Bertz CT molecular complexity index is 105. The maximum atomic E-state index is 9.40. The molecule has 0 aliphatic rings. The van der Waals surface area contributed by atoms with Gasteiger partial charge in [-0.05, 0) is 32.1 Å². The lowest BCUT2D eigenvalue weighted by Crippen LogP contribution is -2.13. The zero-order chi connectivity index (χ0) is 8.69. The van der Waals surface area contributed by atoms with Crippen LogP contribution in [0.3, 0.4) is 0 Å². The molecule has 0 fully saturated rings. The van der Waals surface area contributed by atoms with E-state index in [0.29, 0.717) is 5.92 Å². The van der Waals surface area contributed by atoms with Gasteiger partial charge in [0.25, 0.3) is 0 Å². The second kappa shape index (κ2) is 6.41. The average molecular weight is 156 g/mol. The van der Waals surface area contributed by atoms with Gasteiger partial charge >= 0.3 is 0 Å². The van der Waals surface area contributed by atoms with Crippen molar-refractivity contribution in [1.82, 2.24) is 0 Å². The van der Waals surface area contributed by atoms with E-state index in [0.717, 1.165) is 19.3 Å². The van der Waals surface area contributed by atoms with E-state index in [4.69, 9.17) is 0 Å². The van der Waals surface area contributed by atoms with Crippen molar-refractivity contribution in [1.29, 1.82) is 0 Å². The van der Waals surface area contributed by atoms with Gasteiger partial charge in [-0.2, -0.15) is 0 Å². The van der Waals surface area contributed by atoms with E-state index in [1.165, 1.54) is 0 Å². The van der Waals surface area contributed by atoms with Gasteiger partial charge in [0.15, 0.2) is 0 Å². The molecule has 0 rings (SSSR count). The number of hydrogen-bond donors (Lipinski definition) is 1. The van der Waals surface area contributed by atoms with Crippen LogP contribution in [-0.4, -0.2) is 11.2 Å². The van der Waals surface area contributed by atoms with Gasteiger partial charge in [-0.1, -0.05) is 26.0 Å². The molecule has 0 amide bonds. The molecule has 1 atom stereocenters. The summed E-state index contributed by atoms with van der Waals surface area (Å²) in [6.45, 7) is 6.14. The minimum Gasteiger partial charge on any atom is -0.393 e. The van der Waals surface area contributed by atoms with E-state index in [1.54, 1.807) is 0 Å². The third-order valence-electron chi connectivity index (χ3n) is 1.88. The first-order chi connectivity index (χ1) is 5.18. The lowest BCUT2D eigenvalue weighted by molar-refractivity contribution is 0.114. The molecule has 0 bridgehead atoms. The minimum atomic E-state index is -0.111. The van der Waals surface area contributed by atoms with Gasteiger partial charge in [-0.25, -0.2) is 0 Å². The van der Waals surface area contributed by atoms with Crippen molar-refractivity contribution in [2.24, 2.45) is 5.92 Å². The Morgan fingerprint density at radius 1 is 1.36 bits per heavy atom. The van der Waals surface area contributed by atoms with Crippen molar-refractivity contribution in [3.8, 4) is 0 Å². The van der Waals surface area contributed by atoms with Crippen LogP contribution in [0.15, 0.2) is 12.2 Å². The summed E-state index contributed by atoms with van der Waals surface area (Å²) in [6.07, 6.45) is 7.22. The maximum absolute atomic E-state index is 9.40. The van der Waals surface area contributed by atoms with Gasteiger partial charge in [0.2, 0.25) is 0 Å². The SMILES string of the molecule is CC=CCCC[C@@H](O)C(C)C. The van der Waals surface area contributed by atoms with Crippen molar-refractivity contribution < 1.29 is 5.11 Å². The van der Waals surface area contributed by atoms with E-state index < -0.39 is 0 Å². The predicted octanol–water partition coefficient (Wildman–Crippen LogP) is 2.75. The van der Waals surface area contributed by atoms with Crippen molar-refractivity contribution >= 4 is 0 Å². The number of aliphatic hydroxyl groups is 1. The third kappa shape index (κ3) is 6.11. The summed E-state index contributed by atoms with van der Waals surface area (Å²) in [4.78, 5) is 0. The van der Waals surface area contributed by atoms with Crippen LogP contribution in [0.25, 0.3) is 0 Å². The molecule has 0 aliphatic carbocycles. The third-order valence-corrected chi connectivity index (χ3v) is 1.88. The van der Waals surface area contributed by atoms with Crippen molar-refractivity contribution in [2.45, 2.75) is 46.1 Å². The van der Waals surface area contributed by atoms with Gasteiger partial charge in [0.1, 0.15) is 0 Å². The highest BCUT2D eigenvalue weighted by molar-refractivity contribution is 4.77. The zero-order valence-corrected chi connectivity index (χ0v) is 7.88. The molecule has 0 aromatic carbocycles. The smallest absolute Gasteiger partial charge is 0.0563 e. The van der Waals surface area contributed by atoms with Crippen LogP contribution >= 0.6 is 0 Å². The highest BCUT2D eigenvalue weighted by atomic mass is 16.3. The first-order valence-electron chi connectivity index (χ1n) is 4.47. The molecule has 0 unspecified atom stereocenters. The van der Waals surface area contributed by atoms with E-state index >= 15 is 0 Å². The number of hydrogen-bond acceptors (Lipinski definition) is 1. The normalized spacial score (nSPS) is 14.6. The van der Waals surface area contributed by atoms with Crippen LogP contribution in [0.4, 0.5) is 0 Å². The summed E-state index contributed by atoms with van der Waals surface area (Å²) >= 11 is 0. The standard InChI is InChI=1S/C10H20O/c1-4-5-6-7-8-10(11)9(2)3/h4-5,9-11H,6-8H2,1-3H3/t10-/m1/s1. The minimum absolute atomic E-state index is 0.111. The number of unbranched alkanes of at least 4 members (excludes halogenated alkanes) is 1. The molecule has 66 valence electrons. The van der Waals surface area contributed by atoms with Crippen molar-refractivity contribution in [2.75, 3.05) is 0 Å². The molecule has 0 aromatic rings. The van der Waals surface area contributed by atoms with Crippen molar-refractivity contribution in [3.05, 3.63) is 12.2 Å². The monoisotopic (exact) mass is 156 g/mol. The molecule has 0 spiro atoms. The average Bonchev–Trinajstić information content (AvgIpc) is 1.97. The van der Waals surface area contributed by atoms with Crippen LogP contribution in [-0.2, 0) is 0 Å². The Morgan fingerprint density at radius 3 is 2.45 bits per heavy atom. The molecule has 0 radical (unpaired) electrons. The summed E-state index contributed by atoms with van der Waals surface area (Å²) in [6, 6.07) is 0. The fourth-order valence-electron chi connectivity index (χ4n) is 0.945. The Labute approximate surface area is 70.1 Å². The Kier molecular flexibility index (Phi) is 6.24. The van der Waals surface area contributed by atoms with E-state index in [9.17, 15) is 5.11 Å². The molecule has 0 aliphatic heterocycles. The first-order valence-corrected chi connectivity index (χ1v) is 4.47. The Hall–Kier alpha value is -0.300. The van der Waals surface area contributed by atoms with Crippen LogP contribution in [0, 0.1) is 5.92 Å². The molecule has 11 heavy (non-hydrogen) atoms. The number of rotatable bonds is 5. The van der Waals surface area contributed by atoms with Gasteiger partial charge in [-0.15, -0.1) is 0 Å². The highest BCUT2D eigenvalue weighted by Gasteiger charge is 2.06. The molecule has 0 saturated heterocycles. The fraction of sp³-hybridized carbons (Fsp3) is 0.800. The topological polar surface area (TPSA) is 20.2 Å². The first kappa shape index (κ1) is 10.7. The highest BCUT2D eigenvalue weighted by Crippen LogP contribution is 2.09. The molecule has 0 heterocycles. The van der Waals surface area contributed by atoms with Crippen LogP contribution in [0.5, 0.6) is 0 Å². The quantitative estimate of drug-likeness (QED) is 0.479. The molecular weight excluding hydrogens is 136 g/mol. The maximum Gasteiger partial charge on any atom is 0.0563 e. The van der Waals surface area contributed by atoms with Gasteiger partial charge in [0, 0.05) is 0 Å². The van der Waals surface area contributed by atoms with E-state index in [-0.39, 0.29) is 6.10 Å². The molecule has 1 nitrogen and oxygen atoms in total. The van der Waals surface area contributed by atoms with Crippen LogP contribution in [0.2, 0.25) is 0 Å². The molecule has 1 heteroatoms. The molecule has 0 aromatic heterocycles. The predicted molar refractivity (Wildman–Crippen MR) is 49.5 cm³/mol.